The van der Waals surface area contributed by atoms with Gasteiger partial charge < -0.3 is 4.74 Å². The molecule has 1 aromatic carbocycles. The van der Waals surface area contributed by atoms with Crippen LogP contribution in [0.15, 0.2) is 35.2 Å². The molecule has 82 valence electrons. The minimum atomic E-state index is 0.512. The Morgan fingerprint density at radius 1 is 1.07 bits per heavy atom. The molecule has 1 aliphatic carbocycles. The Morgan fingerprint density at radius 3 is 2.33 bits per heavy atom. The summed E-state index contributed by atoms with van der Waals surface area (Å²) in [6, 6.07) is 10.7. The van der Waals surface area contributed by atoms with Crippen molar-refractivity contribution in [3.63, 3.8) is 0 Å². The summed E-state index contributed by atoms with van der Waals surface area (Å²) >= 11 is 2.02. The van der Waals surface area contributed by atoms with Crippen LogP contribution >= 0.6 is 11.8 Å². The van der Waals surface area contributed by atoms with E-state index in [4.69, 9.17) is 4.74 Å². The molecule has 0 radical (unpaired) electrons. The SMILES string of the molecule is COC1CCC(Sc2ccccc2)CC1. The van der Waals surface area contributed by atoms with Crippen LogP contribution in [0.5, 0.6) is 0 Å². The molecular formula is C13H18OS. The maximum atomic E-state index is 5.38. The third-order valence-electron chi connectivity index (χ3n) is 3.00. The predicted octanol–water partition coefficient (Wildman–Crippen LogP) is 3.74. The molecule has 1 saturated carbocycles. The highest BCUT2D eigenvalue weighted by atomic mass is 32.2. The summed E-state index contributed by atoms with van der Waals surface area (Å²) in [5, 5.41) is 0.791. The summed E-state index contributed by atoms with van der Waals surface area (Å²) in [7, 11) is 1.83. The summed E-state index contributed by atoms with van der Waals surface area (Å²) in [5.74, 6) is 0. The zero-order valence-electron chi connectivity index (χ0n) is 9.19. The lowest BCUT2D eigenvalue weighted by molar-refractivity contribution is 0.0723. The predicted molar refractivity (Wildman–Crippen MR) is 65.4 cm³/mol. The maximum Gasteiger partial charge on any atom is 0.0572 e. The fourth-order valence-electron chi connectivity index (χ4n) is 2.08. The monoisotopic (exact) mass is 222 g/mol. The standard InChI is InChI=1S/C13H18OS/c1-14-11-7-9-13(10-8-11)15-12-5-3-2-4-6-12/h2-6,11,13H,7-10H2,1H3. The molecule has 2 rings (SSSR count). The minimum Gasteiger partial charge on any atom is -0.381 e. The lowest BCUT2D eigenvalue weighted by Gasteiger charge is -2.27. The van der Waals surface area contributed by atoms with E-state index in [1.807, 2.05) is 18.9 Å². The van der Waals surface area contributed by atoms with Crippen molar-refractivity contribution in [3.05, 3.63) is 30.3 Å². The Hall–Kier alpha value is -0.470. The summed E-state index contributed by atoms with van der Waals surface area (Å²) in [6.07, 6.45) is 5.54. The van der Waals surface area contributed by atoms with Crippen molar-refractivity contribution >= 4 is 11.8 Å². The van der Waals surface area contributed by atoms with Crippen molar-refractivity contribution in [1.29, 1.82) is 0 Å². The molecule has 0 aliphatic heterocycles. The van der Waals surface area contributed by atoms with Gasteiger partial charge in [0.05, 0.1) is 6.10 Å². The molecule has 0 bridgehead atoms. The Morgan fingerprint density at radius 2 is 1.73 bits per heavy atom. The van der Waals surface area contributed by atoms with E-state index in [1.54, 1.807) is 0 Å². The highest BCUT2D eigenvalue weighted by Gasteiger charge is 2.21. The van der Waals surface area contributed by atoms with Crippen LogP contribution in [0.3, 0.4) is 0 Å². The molecule has 0 aromatic heterocycles. The first kappa shape index (κ1) is 11.0. The molecule has 0 atom stereocenters. The van der Waals surface area contributed by atoms with Gasteiger partial charge in [0, 0.05) is 17.3 Å². The zero-order chi connectivity index (χ0) is 10.5. The van der Waals surface area contributed by atoms with Gasteiger partial charge in [-0.2, -0.15) is 0 Å². The van der Waals surface area contributed by atoms with Crippen LogP contribution in [0.1, 0.15) is 25.7 Å². The summed E-state index contributed by atoms with van der Waals surface area (Å²) in [6.45, 7) is 0. The maximum absolute atomic E-state index is 5.38. The number of benzene rings is 1. The van der Waals surface area contributed by atoms with Gasteiger partial charge in [0.1, 0.15) is 0 Å². The Bertz CT molecular complexity index is 278. The van der Waals surface area contributed by atoms with E-state index >= 15 is 0 Å². The molecule has 1 nitrogen and oxygen atoms in total. The molecule has 0 heterocycles. The van der Waals surface area contributed by atoms with Crippen LogP contribution in [0, 0.1) is 0 Å². The molecule has 0 spiro atoms. The molecule has 0 unspecified atom stereocenters. The van der Waals surface area contributed by atoms with Crippen molar-refractivity contribution in [3.8, 4) is 0 Å². The third-order valence-corrected chi connectivity index (χ3v) is 4.35. The average molecular weight is 222 g/mol. The largest absolute Gasteiger partial charge is 0.381 e. The van der Waals surface area contributed by atoms with Crippen LogP contribution in [0.4, 0.5) is 0 Å². The molecule has 1 fully saturated rings. The van der Waals surface area contributed by atoms with Crippen molar-refractivity contribution in [2.24, 2.45) is 0 Å². The number of thioether (sulfide) groups is 1. The van der Waals surface area contributed by atoms with Crippen molar-refractivity contribution in [2.75, 3.05) is 7.11 Å². The number of hydrogen-bond donors (Lipinski definition) is 0. The van der Waals surface area contributed by atoms with Gasteiger partial charge in [0.2, 0.25) is 0 Å². The van der Waals surface area contributed by atoms with Gasteiger partial charge in [0.25, 0.3) is 0 Å². The Kier molecular flexibility index (Phi) is 4.09. The van der Waals surface area contributed by atoms with E-state index in [1.165, 1.54) is 30.6 Å². The highest BCUT2D eigenvalue weighted by molar-refractivity contribution is 8.00. The topological polar surface area (TPSA) is 9.23 Å². The second-order valence-electron chi connectivity index (χ2n) is 4.07. The van der Waals surface area contributed by atoms with Gasteiger partial charge in [-0.3, -0.25) is 0 Å². The Balaban J connectivity index is 1.82. The molecule has 0 N–H and O–H groups in total. The van der Waals surface area contributed by atoms with Crippen LogP contribution in [-0.4, -0.2) is 18.5 Å². The first-order chi connectivity index (χ1) is 7.38. The first-order valence-electron chi connectivity index (χ1n) is 5.63. The minimum absolute atomic E-state index is 0.512. The molecule has 15 heavy (non-hydrogen) atoms. The van der Waals surface area contributed by atoms with E-state index in [2.05, 4.69) is 30.3 Å². The molecule has 0 amide bonds. The van der Waals surface area contributed by atoms with Crippen molar-refractivity contribution in [2.45, 2.75) is 41.9 Å². The van der Waals surface area contributed by atoms with Gasteiger partial charge in [-0.15, -0.1) is 11.8 Å². The van der Waals surface area contributed by atoms with E-state index in [0.717, 1.165) is 5.25 Å². The summed E-state index contributed by atoms with van der Waals surface area (Å²) < 4.78 is 5.38. The van der Waals surface area contributed by atoms with Gasteiger partial charge in [0.15, 0.2) is 0 Å². The third kappa shape index (κ3) is 3.25. The lowest BCUT2D eigenvalue weighted by Crippen LogP contribution is -2.21. The number of methoxy groups -OCH3 is 1. The molecule has 1 aromatic rings. The highest BCUT2D eigenvalue weighted by Crippen LogP contribution is 2.34. The lowest BCUT2D eigenvalue weighted by atomic mass is 9.97. The first-order valence-corrected chi connectivity index (χ1v) is 6.51. The quantitative estimate of drug-likeness (QED) is 0.770. The molecule has 1 aliphatic rings. The zero-order valence-corrected chi connectivity index (χ0v) is 10.0. The van der Waals surface area contributed by atoms with E-state index in [-0.39, 0.29) is 0 Å². The molecule has 0 saturated heterocycles. The number of hydrogen-bond acceptors (Lipinski definition) is 2. The van der Waals surface area contributed by atoms with Gasteiger partial charge in [-0.25, -0.2) is 0 Å². The molecule has 2 heteroatoms. The van der Waals surface area contributed by atoms with Gasteiger partial charge >= 0.3 is 0 Å². The fourth-order valence-corrected chi connectivity index (χ4v) is 3.28. The Labute approximate surface area is 96.2 Å². The number of ether oxygens (including phenoxy) is 1. The summed E-state index contributed by atoms with van der Waals surface area (Å²) in [5.41, 5.74) is 0. The van der Waals surface area contributed by atoms with E-state index < -0.39 is 0 Å². The van der Waals surface area contributed by atoms with Gasteiger partial charge in [-0.1, -0.05) is 18.2 Å². The average Bonchev–Trinajstić information content (AvgIpc) is 2.31. The fraction of sp³-hybridized carbons (Fsp3) is 0.538. The van der Waals surface area contributed by atoms with Crippen molar-refractivity contribution < 1.29 is 4.74 Å². The van der Waals surface area contributed by atoms with Crippen LogP contribution in [-0.2, 0) is 4.74 Å². The summed E-state index contributed by atoms with van der Waals surface area (Å²) in [4.78, 5) is 1.40. The van der Waals surface area contributed by atoms with E-state index in [9.17, 15) is 0 Å². The second kappa shape index (κ2) is 5.57. The smallest absolute Gasteiger partial charge is 0.0572 e. The molecular weight excluding hydrogens is 204 g/mol. The van der Waals surface area contributed by atoms with E-state index in [0.29, 0.717) is 6.10 Å². The van der Waals surface area contributed by atoms with Crippen LogP contribution in [0.25, 0.3) is 0 Å². The second-order valence-corrected chi connectivity index (χ2v) is 5.44. The normalized spacial score (nSPS) is 26.5. The van der Waals surface area contributed by atoms with Crippen LogP contribution < -0.4 is 0 Å². The number of rotatable bonds is 3. The van der Waals surface area contributed by atoms with Crippen molar-refractivity contribution in [1.82, 2.24) is 0 Å². The van der Waals surface area contributed by atoms with Gasteiger partial charge in [-0.05, 0) is 37.8 Å². The van der Waals surface area contributed by atoms with Crippen LogP contribution in [0.2, 0.25) is 0 Å².